The molecule has 1 aliphatic carbocycles. The standard InChI is InChI=1S/C14H17N3/c15-14-6-4-12(5-7-14)13-8-16-17(10-13)9-11-2-1-3-11/h4-8,10-11H,1-3,9,15H2. The Kier molecular flexibility index (Phi) is 2.59. The lowest BCUT2D eigenvalue weighted by molar-refractivity contribution is 0.266. The lowest BCUT2D eigenvalue weighted by Gasteiger charge is -2.24. The molecular weight excluding hydrogens is 210 g/mol. The van der Waals surface area contributed by atoms with Gasteiger partial charge in [-0.05, 0) is 36.5 Å². The Labute approximate surface area is 101 Å². The van der Waals surface area contributed by atoms with Gasteiger partial charge in [0.2, 0.25) is 0 Å². The van der Waals surface area contributed by atoms with Crippen molar-refractivity contribution in [2.24, 2.45) is 5.92 Å². The summed E-state index contributed by atoms with van der Waals surface area (Å²) in [7, 11) is 0. The lowest BCUT2D eigenvalue weighted by atomic mass is 9.85. The highest BCUT2D eigenvalue weighted by atomic mass is 15.3. The first-order valence-electron chi connectivity index (χ1n) is 6.19. The van der Waals surface area contributed by atoms with E-state index in [0.717, 1.165) is 18.2 Å². The van der Waals surface area contributed by atoms with Gasteiger partial charge in [0, 0.05) is 24.0 Å². The molecule has 0 spiro atoms. The Bertz CT molecular complexity index is 494. The molecule has 1 aliphatic rings. The van der Waals surface area contributed by atoms with Crippen LogP contribution >= 0.6 is 0 Å². The van der Waals surface area contributed by atoms with Crippen LogP contribution in [0.1, 0.15) is 19.3 Å². The van der Waals surface area contributed by atoms with E-state index >= 15 is 0 Å². The van der Waals surface area contributed by atoms with Gasteiger partial charge >= 0.3 is 0 Å². The highest BCUT2D eigenvalue weighted by molar-refractivity contribution is 5.63. The van der Waals surface area contributed by atoms with Gasteiger partial charge in [0.15, 0.2) is 0 Å². The largest absolute Gasteiger partial charge is 0.399 e. The fourth-order valence-electron chi connectivity index (χ4n) is 2.23. The number of nitrogens with zero attached hydrogens (tertiary/aromatic N) is 2. The molecule has 0 aliphatic heterocycles. The Morgan fingerprint density at radius 2 is 1.94 bits per heavy atom. The SMILES string of the molecule is Nc1ccc(-c2cnn(CC3CCC3)c2)cc1. The summed E-state index contributed by atoms with van der Waals surface area (Å²) >= 11 is 0. The molecule has 0 bridgehead atoms. The van der Waals surface area contributed by atoms with Gasteiger partial charge < -0.3 is 5.73 Å². The molecule has 0 unspecified atom stereocenters. The number of hydrogen-bond donors (Lipinski definition) is 1. The van der Waals surface area contributed by atoms with Crippen molar-refractivity contribution in [2.45, 2.75) is 25.8 Å². The molecule has 1 aromatic heterocycles. The molecule has 1 fully saturated rings. The second-order valence-corrected chi connectivity index (χ2v) is 4.87. The minimum atomic E-state index is 0.801. The second-order valence-electron chi connectivity index (χ2n) is 4.87. The van der Waals surface area contributed by atoms with Crippen molar-refractivity contribution in [3.05, 3.63) is 36.7 Å². The highest BCUT2D eigenvalue weighted by Gasteiger charge is 2.18. The van der Waals surface area contributed by atoms with E-state index in [2.05, 4.69) is 16.0 Å². The minimum absolute atomic E-state index is 0.801. The zero-order valence-corrected chi connectivity index (χ0v) is 9.84. The number of rotatable bonds is 3. The van der Waals surface area contributed by atoms with Gasteiger partial charge in [-0.1, -0.05) is 18.6 Å². The first-order valence-corrected chi connectivity index (χ1v) is 6.19. The van der Waals surface area contributed by atoms with Gasteiger partial charge in [0.05, 0.1) is 6.20 Å². The van der Waals surface area contributed by atoms with Crippen LogP contribution < -0.4 is 5.73 Å². The lowest BCUT2D eigenvalue weighted by Crippen LogP contribution is -2.18. The van der Waals surface area contributed by atoms with Crippen molar-refractivity contribution in [1.82, 2.24) is 9.78 Å². The molecule has 0 atom stereocenters. The van der Waals surface area contributed by atoms with E-state index in [0.29, 0.717) is 0 Å². The van der Waals surface area contributed by atoms with E-state index in [1.807, 2.05) is 30.5 Å². The maximum atomic E-state index is 5.68. The van der Waals surface area contributed by atoms with Gasteiger partial charge in [-0.15, -0.1) is 0 Å². The van der Waals surface area contributed by atoms with E-state index in [-0.39, 0.29) is 0 Å². The Morgan fingerprint density at radius 1 is 1.18 bits per heavy atom. The normalized spacial score (nSPS) is 15.8. The second kappa shape index (κ2) is 4.24. The third kappa shape index (κ3) is 2.18. The van der Waals surface area contributed by atoms with Crippen molar-refractivity contribution in [3.8, 4) is 11.1 Å². The van der Waals surface area contributed by atoms with Crippen LogP contribution in [0.2, 0.25) is 0 Å². The zero-order valence-electron chi connectivity index (χ0n) is 9.84. The monoisotopic (exact) mass is 227 g/mol. The van der Waals surface area contributed by atoms with Crippen LogP contribution in [-0.2, 0) is 6.54 Å². The number of nitrogens with two attached hydrogens (primary N) is 1. The number of benzene rings is 1. The molecular formula is C14H17N3. The Morgan fingerprint density at radius 3 is 2.59 bits per heavy atom. The first kappa shape index (κ1) is 10.4. The maximum absolute atomic E-state index is 5.68. The van der Waals surface area contributed by atoms with Gasteiger partial charge in [0.25, 0.3) is 0 Å². The highest BCUT2D eigenvalue weighted by Crippen LogP contribution is 2.28. The van der Waals surface area contributed by atoms with Crippen LogP contribution in [0, 0.1) is 5.92 Å². The van der Waals surface area contributed by atoms with Crippen LogP contribution in [0.4, 0.5) is 5.69 Å². The van der Waals surface area contributed by atoms with Gasteiger partial charge in [0.1, 0.15) is 0 Å². The fourth-order valence-corrected chi connectivity index (χ4v) is 2.23. The van der Waals surface area contributed by atoms with Gasteiger partial charge in [-0.2, -0.15) is 5.10 Å². The van der Waals surface area contributed by atoms with Crippen LogP contribution in [0.15, 0.2) is 36.7 Å². The fraction of sp³-hybridized carbons (Fsp3) is 0.357. The van der Waals surface area contributed by atoms with Crippen LogP contribution in [0.25, 0.3) is 11.1 Å². The van der Waals surface area contributed by atoms with Crippen molar-refractivity contribution in [3.63, 3.8) is 0 Å². The molecule has 1 heterocycles. The van der Waals surface area contributed by atoms with E-state index in [4.69, 9.17) is 5.73 Å². The van der Waals surface area contributed by atoms with E-state index in [1.54, 1.807) is 0 Å². The van der Waals surface area contributed by atoms with Crippen molar-refractivity contribution >= 4 is 5.69 Å². The number of nitrogen functional groups attached to an aromatic ring is 1. The number of anilines is 1. The van der Waals surface area contributed by atoms with Gasteiger partial charge in [-0.3, -0.25) is 4.68 Å². The van der Waals surface area contributed by atoms with Crippen molar-refractivity contribution in [1.29, 1.82) is 0 Å². The molecule has 2 N–H and O–H groups in total. The molecule has 2 aromatic rings. The van der Waals surface area contributed by atoms with Crippen LogP contribution in [0.5, 0.6) is 0 Å². The third-order valence-electron chi connectivity index (χ3n) is 3.55. The quantitative estimate of drug-likeness (QED) is 0.819. The van der Waals surface area contributed by atoms with Crippen LogP contribution in [-0.4, -0.2) is 9.78 Å². The molecule has 3 nitrogen and oxygen atoms in total. The van der Waals surface area contributed by atoms with E-state index in [1.165, 1.54) is 30.4 Å². The zero-order chi connectivity index (χ0) is 11.7. The van der Waals surface area contributed by atoms with Crippen molar-refractivity contribution < 1.29 is 0 Å². The average molecular weight is 227 g/mol. The summed E-state index contributed by atoms with van der Waals surface area (Å²) in [6.07, 6.45) is 8.17. The topological polar surface area (TPSA) is 43.8 Å². The summed E-state index contributed by atoms with van der Waals surface area (Å²) in [6.45, 7) is 1.06. The van der Waals surface area contributed by atoms with Crippen LogP contribution in [0.3, 0.4) is 0 Å². The molecule has 17 heavy (non-hydrogen) atoms. The van der Waals surface area contributed by atoms with Crippen molar-refractivity contribution in [2.75, 3.05) is 5.73 Å². The molecule has 0 amide bonds. The maximum Gasteiger partial charge on any atom is 0.0568 e. The molecule has 3 rings (SSSR count). The summed E-state index contributed by atoms with van der Waals surface area (Å²) in [4.78, 5) is 0. The summed E-state index contributed by atoms with van der Waals surface area (Å²) < 4.78 is 2.06. The average Bonchev–Trinajstić information content (AvgIpc) is 2.73. The Balaban J connectivity index is 1.76. The molecule has 3 heteroatoms. The smallest absolute Gasteiger partial charge is 0.0568 e. The third-order valence-corrected chi connectivity index (χ3v) is 3.55. The molecule has 0 saturated heterocycles. The summed E-state index contributed by atoms with van der Waals surface area (Å²) in [5.41, 5.74) is 8.83. The van der Waals surface area contributed by atoms with E-state index in [9.17, 15) is 0 Å². The predicted molar refractivity (Wildman–Crippen MR) is 69.4 cm³/mol. The van der Waals surface area contributed by atoms with Gasteiger partial charge in [-0.25, -0.2) is 0 Å². The molecule has 1 aromatic carbocycles. The minimum Gasteiger partial charge on any atom is -0.399 e. The predicted octanol–water partition coefficient (Wildman–Crippen LogP) is 2.93. The number of hydrogen-bond acceptors (Lipinski definition) is 2. The first-order chi connectivity index (χ1) is 8.31. The summed E-state index contributed by atoms with van der Waals surface area (Å²) in [5, 5.41) is 4.42. The number of aromatic nitrogens is 2. The molecule has 1 saturated carbocycles. The summed E-state index contributed by atoms with van der Waals surface area (Å²) in [5.74, 6) is 0.842. The Hall–Kier alpha value is -1.77. The molecule has 88 valence electrons. The molecule has 0 radical (unpaired) electrons. The van der Waals surface area contributed by atoms with E-state index < -0.39 is 0 Å². The summed E-state index contributed by atoms with van der Waals surface area (Å²) in [6, 6.07) is 7.94.